The molecule has 0 amide bonds. The molecular formula is C16H9N3O5. The summed E-state index contributed by atoms with van der Waals surface area (Å²) in [6.07, 6.45) is 0. The van der Waals surface area contributed by atoms with Gasteiger partial charge in [-0.2, -0.15) is 5.10 Å². The molecule has 8 heteroatoms. The Kier molecular flexibility index (Phi) is 3.70. The van der Waals surface area contributed by atoms with Crippen LogP contribution in [0.5, 0.6) is 0 Å². The summed E-state index contributed by atoms with van der Waals surface area (Å²) >= 11 is 0. The zero-order chi connectivity index (χ0) is 17.3. The smallest absolute Gasteiger partial charge is 0.269 e. The number of rotatable bonds is 3. The highest BCUT2D eigenvalue weighted by molar-refractivity contribution is 5.81. The number of hydrogen-bond donors (Lipinski definition) is 1. The molecule has 0 bridgehead atoms. The minimum Gasteiger partial charge on any atom is -0.287 e. The van der Waals surface area contributed by atoms with Crippen LogP contribution in [0.2, 0.25) is 0 Å². The highest BCUT2D eigenvalue weighted by atomic mass is 16.6. The molecule has 0 aliphatic rings. The molecule has 0 fully saturated rings. The van der Waals surface area contributed by atoms with E-state index in [4.69, 9.17) is 0 Å². The maximum absolute atomic E-state index is 12.3. The quantitative estimate of drug-likeness (QED) is 0.429. The molecule has 3 aromatic rings. The number of benzene rings is 3. The van der Waals surface area contributed by atoms with Crippen LogP contribution >= 0.6 is 0 Å². The second kappa shape index (κ2) is 5.84. The van der Waals surface area contributed by atoms with Gasteiger partial charge in [-0.05, 0) is 12.1 Å². The van der Waals surface area contributed by atoms with Gasteiger partial charge < -0.3 is 0 Å². The summed E-state index contributed by atoms with van der Waals surface area (Å²) in [6.45, 7) is 0. The highest BCUT2D eigenvalue weighted by Gasteiger charge is 2.10. The van der Waals surface area contributed by atoms with Crippen molar-refractivity contribution in [3.8, 4) is 0 Å². The minimum absolute atomic E-state index is 0.0572. The van der Waals surface area contributed by atoms with E-state index in [-0.39, 0.29) is 16.5 Å². The molecule has 8 nitrogen and oxygen atoms in total. The highest BCUT2D eigenvalue weighted by Crippen LogP contribution is 2.14. The van der Waals surface area contributed by atoms with Gasteiger partial charge in [0.15, 0.2) is 5.36 Å². The number of nitro benzene ring substituents is 1. The Labute approximate surface area is 133 Å². The Hall–Kier alpha value is -3.68. The first kappa shape index (κ1) is 15.2. The van der Waals surface area contributed by atoms with Gasteiger partial charge in [-0.1, -0.05) is 24.3 Å². The summed E-state index contributed by atoms with van der Waals surface area (Å²) < 4.78 is 0. The molecule has 0 unspecified atom stereocenters. The molecule has 1 N–H and O–H groups in total. The van der Waals surface area contributed by atoms with Gasteiger partial charge in [-0.15, -0.1) is 0 Å². The Morgan fingerprint density at radius 1 is 0.833 bits per heavy atom. The number of non-ortho nitro benzene ring substituents is 1. The predicted molar refractivity (Wildman–Crippen MR) is 87.4 cm³/mol. The third-order valence-electron chi connectivity index (χ3n) is 3.43. The molecule has 0 atom stereocenters. The van der Waals surface area contributed by atoms with E-state index < -0.39 is 26.6 Å². The van der Waals surface area contributed by atoms with Crippen molar-refractivity contribution in [2.24, 2.45) is 5.10 Å². The van der Waals surface area contributed by atoms with Gasteiger partial charge in [0.2, 0.25) is 10.9 Å². The summed E-state index contributed by atoms with van der Waals surface area (Å²) in [5.74, 6) is 0. The average molecular weight is 323 g/mol. The van der Waals surface area contributed by atoms with E-state index in [9.17, 15) is 24.5 Å². The van der Waals surface area contributed by atoms with Crippen LogP contribution < -0.4 is 27.1 Å². The number of fused-ring (bicyclic) bond motifs is 1. The molecule has 0 saturated carbocycles. The fraction of sp³-hybridized carbons (Fsp3) is 0. The van der Waals surface area contributed by atoms with Crippen molar-refractivity contribution in [3.63, 3.8) is 0 Å². The Morgan fingerprint density at radius 3 is 2.00 bits per heavy atom. The molecule has 3 aromatic carbocycles. The zero-order valence-electron chi connectivity index (χ0n) is 12.1. The van der Waals surface area contributed by atoms with E-state index in [1.807, 2.05) is 0 Å². The molecule has 0 saturated heterocycles. The molecular weight excluding hydrogens is 314 g/mol. The van der Waals surface area contributed by atoms with Crippen molar-refractivity contribution < 1.29 is 4.92 Å². The predicted octanol–water partition coefficient (Wildman–Crippen LogP) is 0.632. The van der Waals surface area contributed by atoms with Crippen molar-refractivity contribution in [3.05, 3.63) is 94.7 Å². The van der Waals surface area contributed by atoms with Crippen molar-refractivity contribution in [1.82, 2.24) is 0 Å². The molecule has 24 heavy (non-hydrogen) atoms. The van der Waals surface area contributed by atoms with Crippen LogP contribution in [0.1, 0.15) is 0 Å². The Bertz CT molecular complexity index is 1160. The molecule has 0 aromatic heterocycles. The van der Waals surface area contributed by atoms with Crippen molar-refractivity contribution in [1.29, 1.82) is 0 Å². The SMILES string of the molecule is O=c1c(=O)c2ccccc2c(=O)/c1=N\Nc1ccc([N+](=O)[O-])cc1. The van der Waals surface area contributed by atoms with E-state index in [1.54, 1.807) is 12.1 Å². The lowest BCUT2D eigenvalue weighted by Crippen LogP contribution is -2.48. The zero-order valence-corrected chi connectivity index (χ0v) is 12.1. The average Bonchev–Trinajstić information content (AvgIpc) is 2.60. The fourth-order valence-corrected chi connectivity index (χ4v) is 2.22. The molecule has 0 spiro atoms. The lowest BCUT2D eigenvalue weighted by molar-refractivity contribution is -0.384. The van der Waals surface area contributed by atoms with Crippen molar-refractivity contribution in [2.75, 3.05) is 5.43 Å². The van der Waals surface area contributed by atoms with Crippen LogP contribution in [0.4, 0.5) is 11.4 Å². The maximum atomic E-state index is 12.3. The van der Waals surface area contributed by atoms with E-state index in [0.717, 1.165) is 0 Å². The van der Waals surface area contributed by atoms with Crippen LogP contribution in [0.15, 0.2) is 68.0 Å². The third kappa shape index (κ3) is 2.56. The van der Waals surface area contributed by atoms with E-state index >= 15 is 0 Å². The molecule has 3 rings (SSSR count). The number of hydrogen-bond acceptors (Lipinski definition) is 7. The summed E-state index contributed by atoms with van der Waals surface area (Å²) in [4.78, 5) is 46.4. The van der Waals surface area contributed by atoms with Gasteiger partial charge >= 0.3 is 0 Å². The standard InChI is InChI=1S/C16H9N3O5/c20-14-11-3-1-2-4-12(11)15(21)16(22)13(14)18-17-9-5-7-10(8-6-9)19(23)24/h1-8,17H/b18-13+. The monoisotopic (exact) mass is 323 g/mol. The van der Waals surface area contributed by atoms with E-state index in [0.29, 0.717) is 5.69 Å². The van der Waals surface area contributed by atoms with Gasteiger partial charge in [0.1, 0.15) is 0 Å². The maximum Gasteiger partial charge on any atom is 0.269 e. The summed E-state index contributed by atoms with van der Waals surface area (Å²) in [7, 11) is 0. The largest absolute Gasteiger partial charge is 0.287 e. The Morgan fingerprint density at radius 2 is 1.42 bits per heavy atom. The van der Waals surface area contributed by atoms with E-state index in [1.165, 1.54) is 36.4 Å². The van der Waals surface area contributed by atoms with Crippen LogP contribution in [0.25, 0.3) is 10.8 Å². The van der Waals surface area contributed by atoms with Crippen molar-refractivity contribution >= 4 is 22.1 Å². The van der Waals surface area contributed by atoms with Crippen molar-refractivity contribution in [2.45, 2.75) is 0 Å². The Balaban J connectivity index is 2.11. The first-order valence-electron chi connectivity index (χ1n) is 6.80. The second-order valence-electron chi connectivity index (χ2n) is 4.91. The lowest BCUT2D eigenvalue weighted by Gasteiger charge is -1.99. The van der Waals surface area contributed by atoms with Crippen LogP contribution in [-0.4, -0.2) is 4.92 Å². The van der Waals surface area contributed by atoms with Gasteiger partial charge in [-0.3, -0.25) is 29.9 Å². The van der Waals surface area contributed by atoms with Crippen LogP contribution in [-0.2, 0) is 0 Å². The van der Waals surface area contributed by atoms with Crippen LogP contribution in [0.3, 0.4) is 0 Å². The summed E-state index contributed by atoms with van der Waals surface area (Å²) in [5, 5.41) is 14.0. The normalized spacial score (nSPS) is 11.6. The number of nitrogens with one attached hydrogen (secondary N) is 1. The lowest BCUT2D eigenvalue weighted by atomic mass is 10.1. The molecule has 0 aliphatic heterocycles. The van der Waals surface area contributed by atoms with Crippen LogP contribution in [0, 0.1) is 10.1 Å². The summed E-state index contributed by atoms with van der Waals surface area (Å²) in [5.41, 5.74) is 0.251. The third-order valence-corrected chi connectivity index (χ3v) is 3.43. The summed E-state index contributed by atoms with van der Waals surface area (Å²) in [6, 6.07) is 11.2. The molecule has 0 heterocycles. The molecule has 118 valence electrons. The molecule has 0 radical (unpaired) electrons. The van der Waals surface area contributed by atoms with Gasteiger partial charge in [-0.25, -0.2) is 0 Å². The topological polar surface area (TPSA) is 119 Å². The number of anilines is 1. The van der Waals surface area contributed by atoms with Gasteiger partial charge in [0.25, 0.3) is 11.1 Å². The number of nitrogens with zero attached hydrogens (tertiary/aromatic N) is 2. The first-order valence-corrected chi connectivity index (χ1v) is 6.80. The molecule has 0 aliphatic carbocycles. The second-order valence-corrected chi connectivity index (χ2v) is 4.91. The fourth-order valence-electron chi connectivity index (χ4n) is 2.22. The van der Waals surface area contributed by atoms with Gasteiger partial charge in [0.05, 0.1) is 10.6 Å². The van der Waals surface area contributed by atoms with Gasteiger partial charge in [0, 0.05) is 22.9 Å². The first-order chi connectivity index (χ1) is 11.5. The van der Waals surface area contributed by atoms with E-state index in [2.05, 4.69) is 10.5 Å². The number of nitro groups is 1. The minimum atomic E-state index is -0.992.